The normalized spacial score (nSPS) is 30.0. The number of hydrogen-bond donors (Lipinski definition) is 1. The molecule has 1 fully saturated rings. The number of carbonyl (C=O) groups excluding carboxylic acids is 1. The average molecular weight is 409 g/mol. The second-order valence-corrected chi connectivity index (χ2v) is 7.86. The molecule has 1 unspecified atom stereocenters. The van der Waals surface area contributed by atoms with Gasteiger partial charge in [0.2, 0.25) is 0 Å². The molecule has 29 heavy (non-hydrogen) atoms. The first kappa shape index (κ1) is 17.6. The van der Waals surface area contributed by atoms with Crippen LogP contribution in [0.4, 0.5) is 8.78 Å². The van der Waals surface area contributed by atoms with Crippen molar-refractivity contribution >= 4 is 5.91 Å². The van der Waals surface area contributed by atoms with Crippen molar-refractivity contribution in [2.45, 2.75) is 50.2 Å². The Balaban J connectivity index is 1.97. The van der Waals surface area contributed by atoms with Gasteiger partial charge in [-0.05, 0) is 55.4 Å². The number of carbonyl (C=O) groups is 1. The molecule has 1 amide bonds. The number of rotatable bonds is 8. The van der Waals surface area contributed by atoms with Gasteiger partial charge in [-0.1, -0.05) is 18.7 Å². The second-order valence-electron chi connectivity index (χ2n) is 7.86. The molecule has 158 valence electrons. The number of ether oxygens (including phenoxy) is 2. The zero-order chi connectivity index (χ0) is 23.6. The van der Waals surface area contributed by atoms with Crippen LogP contribution >= 0.6 is 0 Å². The molecule has 0 saturated heterocycles. The number of hydrogen-bond acceptors (Lipinski definition) is 3. The molecule has 0 aliphatic heterocycles. The summed E-state index contributed by atoms with van der Waals surface area (Å²) in [6.45, 7) is 6.82. The van der Waals surface area contributed by atoms with Gasteiger partial charge in [0.1, 0.15) is 5.75 Å². The van der Waals surface area contributed by atoms with Crippen LogP contribution in [0.1, 0.15) is 47.3 Å². The fourth-order valence-electron chi connectivity index (χ4n) is 4.86. The largest absolute Gasteiger partial charge is 0.493 e. The highest BCUT2D eigenvalue weighted by Crippen LogP contribution is 2.59. The molecule has 3 rings (SSSR count). The summed E-state index contributed by atoms with van der Waals surface area (Å²) in [4.78, 5) is 12.4. The maximum atomic E-state index is 13.7. The Hall–Kier alpha value is -2.21. The highest BCUT2D eigenvalue weighted by atomic mass is 19.1. The van der Waals surface area contributed by atoms with Crippen LogP contribution in [0, 0.1) is 5.41 Å². The number of halogens is 2. The molecule has 0 bridgehead atoms. The smallest absolute Gasteiger partial charge is 0.280 e. The number of amides is 1. The molecule has 2 aliphatic carbocycles. The van der Waals surface area contributed by atoms with Gasteiger partial charge < -0.3 is 14.8 Å². The number of nitrogens with one attached hydrogen (secondary N) is 1. The lowest BCUT2D eigenvalue weighted by molar-refractivity contribution is -0.122. The molecule has 1 aromatic carbocycles. The molecule has 0 radical (unpaired) electrons. The van der Waals surface area contributed by atoms with Gasteiger partial charge >= 0.3 is 0 Å². The fraction of sp³-hybridized carbons (Fsp3) is 0.522. The Morgan fingerprint density at radius 3 is 2.83 bits per heavy atom. The predicted octanol–water partition coefficient (Wildman–Crippen LogP) is 4.54. The lowest BCUT2D eigenvalue weighted by atomic mass is 9.61. The lowest BCUT2D eigenvalue weighted by Crippen LogP contribution is -2.55. The number of methoxy groups -OCH3 is 1. The van der Waals surface area contributed by atoms with Gasteiger partial charge in [0.25, 0.3) is 5.91 Å². The second kappa shape index (κ2) is 8.66. The molecule has 6 heteroatoms. The molecule has 1 atom stereocenters. The standard InChI is InChI=1S/C23H29F2NO3/c1-4-23(26-21(27)16(2)25)20-14-19(29-13-5-12-24)7-6-17(20)15-22(23)10-8-18(28-3)9-11-22/h4,6-7,14,18H,1-2,5,8-13,15H2,3H3,(H,26,27)/t18-,22-,23?/i3D3. The number of alkyl halides is 1. The van der Waals surface area contributed by atoms with Crippen LogP contribution < -0.4 is 10.1 Å². The van der Waals surface area contributed by atoms with E-state index in [0.717, 1.165) is 11.1 Å². The van der Waals surface area contributed by atoms with E-state index in [4.69, 9.17) is 13.6 Å². The van der Waals surface area contributed by atoms with Gasteiger partial charge in [-0.15, -0.1) is 6.58 Å². The SMILES string of the molecule is [2H]C([2H])([2H])O[C@H]1CC[C@]2(CC1)Cc1ccc(OCCCF)cc1C2(C=C)NC(=O)C(=C)F. The van der Waals surface area contributed by atoms with Gasteiger partial charge in [0.05, 0.1) is 29.0 Å². The van der Waals surface area contributed by atoms with Crippen molar-refractivity contribution in [3.8, 4) is 5.75 Å². The van der Waals surface area contributed by atoms with E-state index < -0.39 is 42.5 Å². The molecule has 2 aliphatic rings. The summed E-state index contributed by atoms with van der Waals surface area (Å²) >= 11 is 0. The van der Waals surface area contributed by atoms with Crippen LogP contribution in [0.15, 0.2) is 43.3 Å². The Morgan fingerprint density at radius 1 is 1.45 bits per heavy atom. The first-order valence-corrected chi connectivity index (χ1v) is 9.86. The molecule has 1 N–H and O–H groups in total. The quantitative estimate of drug-likeness (QED) is 0.390. The fourth-order valence-corrected chi connectivity index (χ4v) is 4.86. The van der Waals surface area contributed by atoms with E-state index in [1.807, 2.05) is 6.07 Å². The lowest BCUT2D eigenvalue weighted by Gasteiger charge is -2.49. The van der Waals surface area contributed by atoms with Crippen molar-refractivity contribution in [3.05, 3.63) is 54.4 Å². The monoisotopic (exact) mass is 408 g/mol. The predicted molar refractivity (Wildman–Crippen MR) is 108 cm³/mol. The summed E-state index contributed by atoms with van der Waals surface area (Å²) in [5, 5.41) is 2.82. The third-order valence-corrected chi connectivity index (χ3v) is 6.34. The Kier molecular flexibility index (Phi) is 5.26. The van der Waals surface area contributed by atoms with Crippen LogP contribution in [0.5, 0.6) is 5.75 Å². The van der Waals surface area contributed by atoms with Crippen LogP contribution in [0.25, 0.3) is 0 Å². The Morgan fingerprint density at radius 2 is 2.21 bits per heavy atom. The number of fused-ring (bicyclic) bond motifs is 1. The topological polar surface area (TPSA) is 47.6 Å². The summed E-state index contributed by atoms with van der Waals surface area (Å²) in [5.74, 6) is -1.51. The summed E-state index contributed by atoms with van der Waals surface area (Å²) in [6.07, 6.45) is 4.11. The van der Waals surface area contributed by atoms with Crippen molar-refractivity contribution in [1.29, 1.82) is 0 Å². The minimum atomic E-state index is -2.48. The molecular formula is C23H29F2NO3. The van der Waals surface area contributed by atoms with E-state index in [9.17, 15) is 13.6 Å². The summed E-state index contributed by atoms with van der Waals surface area (Å²) in [7, 11) is -2.48. The van der Waals surface area contributed by atoms with Gasteiger partial charge in [-0.3, -0.25) is 9.18 Å². The van der Waals surface area contributed by atoms with E-state index in [-0.39, 0.29) is 13.0 Å². The van der Waals surface area contributed by atoms with Crippen molar-refractivity contribution in [3.63, 3.8) is 0 Å². The summed E-state index contributed by atoms with van der Waals surface area (Å²) < 4.78 is 59.2. The molecule has 4 nitrogen and oxygen atoms in total. The average Bonchev–Trinajstić information content (AvgIpc) is 2.98. The molecule has 1 spiro atoms. The number of benzene rings is 1. The molecule has 1 saturated carbocycles. The van der Waals surface area contributed by atoms with E-state index in [0.29, 0.717) is 37.9 Å². The van der Waals surface area contributed by atoms with Gasteiger partial charge in [0.15, 0.2) is 5.83 Å². The van der Waals surface area contributed by atoms with E-state index in [1.165, 1.54) is 0 Å². The molecule has 0 heterocycles. The minimum absolute atomic E-state index is 0.212. The van der Waals surface area contributed by atoms with Gasteiger partial charge in [0, 0.05) is 18.9 Å². The van der Waals surface area contributed by atoms with Crippen molar-refractivity contribution in [2.24, 2.45) is 5.41 Å². The molecular weight excluding hydrogens is 376 g/mol. The Labute approximate surface area is 175 Å². The van der Waals surface area contributed by atoms with Crippen LogP contribution in [-0.4, -0.2) is 32.3 Å². The van der Waals surface area contributed by atoms with Crippen LogP contribution in [0.3, 0.4) is 0 Å². The first-order chi connectivity index (χ1) is 15.1. The molecule has 0 aromatic heterocycles. The van der Waals surface area contributed by atoms with Gasteiger partial charge in [-0.2, -0.15) is 0 Å². The van der Waals surface area contributed by atoms with Crippen LogP contribution in [-0.2, 0) is 21.5 Å². The van der Waals surface area contributed by atoms with Gasteiger partial charge in [-0.25, -0.2) is 4.39 Å². The van der Waals surface area contributed by atoms with E-state index in [1.54, 1.807) is 18.2 Å². The highest BCUT2D eigenvalue weighted by molar-refractivity contribution is 5.91. The van der Waals surface area contributed by atoms with E-state index in [2.05, 4.69) is 18.5 Å². The Bertz CT molecular complexity index is 882. The zero-order valence-corrected chi connectivity index (χ0v) is 16.4. The maximum absolute atomic E-state index is 13.7. The minimum Gasteiger partial charge on any atom is -0.493 e. The van der Waals surface area contributed by atoms with Crippen molar-refractivity contribution in [1.82, 2.24) is 5.32 Å². The zero-order valence-electron chi connectivity index (χ0n) is 19.4. The highest BCUT2D eigenvalue weighted by Gasteiger charge is 2.57. The van der Waals surface area contributed by atoms with Crippen molar-refractivity contribution < 1.29 is 27.2 Å². The third-order valence-electron chi connectivity index (χ3n) is 6.34. The van der Waals surface area contributed by atoms with Crippen LogP contribution in [0.2, 0.25) is 0 Å². The third kappa shape index (κ3) is 3.82. The van der Waals surface area contributed by atoms with E-state index >= 15 is 0 Å². The van der Waals surface area contributed by atoms with Crippen molar-refractivity contribution in [2.75, 3.05) is 20.3 Å². The first-order valence-electron chi connectivity index (χ1n) is 11.4. The molecule has 1 aromatic rings. The summed E-state index contributed by atoms with van der Waals surface area (Å²) in [6, 6.07) is 5.48. The maximum Gasteiger partial charge on any atom is 0.280 e. The summed E-state index contributed by atoms with van der Waals surface area (Å²) in [5.41, 5.74) is 0.0745.